The zero-order chi connectivity index (χ0) is 19.5. The number of amides is 1. The highest BCUT2D eigenvalue weighted by Crippen LogP contribution is 2.37. The molecule has 0 radical (unpaired) electrons. The number of fused-ring (bicyclic) bond motifs is 1. The maximum atomic E-state index is 12.3. The molecule has 5 nitrogen and oxygen atoms in total. The number of hydrogen-bond donors (Lipinski definition) is 1. The van der Waals surface area contributed by atoms with E-state index in [0.717, 1.165) is 32.4 Å². The third-order valence-electron chi connectivity index (χ3n) is 4.34. The number of thiophene rings is 2. The Balaban J connectivity index is 1.53. The monoisotopic (exact) mass is 408 g/mol. The van der Waals surface area contributed by atoms with Gasteiger partial charge in [-0.3, -0.25) is 4.79 Å². The number of carbonyl (C=O) groups excluding carboxylic acids is 1. The Bertz CT molecular complexity index is 1090. The standard InChI is InChI=1S/C21H16N2O3S2/c1-13-16(11-22)21(23-20(24)7-5-15-3-2-8-27-15)28-19(13)10-14-4-6-17-18(9-14)26-12-25-17/h2-9H,10,12H2,1H3,(H,23,24)/b7-5+. The highest BCUT2D eigenvalue weighted by atomic mass is 32.1. The summed E-state index contributed by atoms with van der Waals surface area (Å²) in [6, 6.07) is 11.9. The van der Waals surface area contributed by atoms with Gasteiger partial charge in [-0.25, -0.2) is 0 Å². The number of nitrogens with zero attached hydrogens (tertiary/aromatic N) is 1. The van der Waals surface area contributed by atoms with E-state index in [1.165, 1.54) is 17.4 Å². The molecule has 0 bridgehead atoms. The van der Waals surface area contributed by atoms with Crippen molar-refractivity contribution in [2.24, 2.45) is 0 Å². The molecule has 0 atom stereocenters. The number of anilines is 1. The van der Waals surface area contributed by atoms with Crippen LogP contribution < -0.4 is 14.8 Å². The van der Waals surface area contributed by atoms with Crippen molar-refractivity contribution in [3.05, 3.63) is 68.2 Å². The molecule has 1 aliphatic rings. The fourth-order valence-electron chi connectivity index (χ4n) is 2.89. The number of nitriles is 1. The minimum atomic E-state index is -0.249. The van der Waals surface area contributed by atoms with Crippen molar-refractivity contribution in [1.29, 1.82) is 5.26 Å². The lowest BCUT2D eigenvalue weighted by atomic mass is 10.1. The quantitative estimate of drug-likeness (QED) is 0.606. The second-order valence-electron chi connectivity index (χ2n) is 6.17. The summed E-state index contributed by atoms with van der Waals surface area (Å²) in [6.07, 6.45) is 3.91. The molecule has 2 aromatic heterocycles. The third-order valence-corrected chi connectivity index (χ3v) is 6.38. The fraction of sp³-hybridized carbons (Fsp3) is 0.143. The number of ether oxygens (including phenoxy) is 2. The SMILES string of the molecule is Cc1c(Cc2ccc3c(c2)OCO3)sc(NC(=O)/C=C/c2cccs2)c1C#N. The van der Waals surface area contributed by atoms with Crippen LogP contribution in [0.2, 0.25) is 0 Å². The van der Waals surface area contributed by atoms with Gasteiger partial charge in [0, 0.05) is 22.3 Å². The van der Waals surface area contributed by atoms with Crippen molar-refractivity contribution in [3.8, 4) is 17.6 Å². The first-order chi connectivity index (χ1) is 13.6. The topological polar surface area (TPSA) is 71.3 Å². The smallest absolute Gasteiger partial charge is 0.249 e. The van der Waals surface area contributed by atoms with Gasteiger partial charge in [-0.2, -0.15) is 5.26 Å². The van der Waals surface area contributed by atoms with E-state index in [4.69, 9.17) is 9.47 Å². The molecule has 4 rings (SSSR count). The lowest BCUT2D eigenvalue weighted by Gasteiger charge is -2.02. The van der Waals surface area contributed by atoms with Gasteiger partial charge in [0.1, 0.15) is 11.1 Å². The predicted molar refractivity (Wildman–Crippen MR) is 111 cm³/mol. The van der Waals surface area contributed by atoms with E-state index in [0.29, 0.717) is 17.0 Å². The predicted octanol–water partition coefficient (Wildman–Crippen LogP) is 4.96. The zero-order valence-corrected chi connectivity index (χ0v) is 16.7. The Labute approximate surface area is 170 Å². The van der Waals surface area contributed by atoms with Gasteiger partial charge in [-0.1, -0.05) is 12.1 Å². The Morgan fingerprint density at radius 1 is 1.32 bits per heavy atom. The number of carbonyl (C=O) groups is 1. The summed E-state index contributed by atoms with van der Waals surface area (Å²) in [6.45, 7) is 2.15. The van der Waals surface area contributed by atoms with Crippen molar-refractivity contribution in [2.45, 2.75) is 13.3 Å². The van der Waals surface area contributed by atoms with Gasteiger partial charge in [0.05, 0.1) is 5.56 Å². The van der Waals surface area contributed by atoms with Crippen molar-refractivity contribution >= 4 is 39.7 Å². The Morgan fingerprint density at radius 3 is 2.96 bits per heavy atom. The minimum Gasteiger partial charge on any atom is -0.454 e. The second kappa shape index (κ2) is 7.89. The first kappa shape index (κ1) is 18.3. The molecule has 0 aliphatic carbocycles. The lowest BCUT2D eigenvalue weighted by Crippen LogP contribution is -2.07. The van der Waals surface area contributed by atoms with Crippen molar-refractivity contribution in [1.82, 2.24) is 0 Å². The average molecular weight is 409 g/mol. The molecule has 0 saturated heterocycles. The third kappa shape index (κ3) is 3.79. The summed E-state index contributed by atoms with van der Waals surface area (Å²) in [7, 11) is 0. The van der Waals surface area contributed by atoms with Crippen LogP contribution in [-0.4, -0.2) is 12.7 Å². The van der Waals surface area contributed by atoms with Crippen LogP contribution in [0, 0.1) is 18.3 Å². The number of nitrogens with one attached hydrogen (secondary N) is 1. The molecule has 7 heteroatoms. The van der Waals surface area contributed by atoms with Gasteiger partial charge in [0.25, 0.3) is 0 Å². The second-order valence-corrected chi connectivity index (χ2v) is 8.25. The van der Waals surface area contributed by atoms with Gasteiger partial charge < -0.3 is 14.8 Å². The zero-order valence-electron chi connectivity index (χ0n) is 15.0. The number of rotatable bonds is 5. The fourth-order valence-corrected chi connectivity index (χ4v) is 4.70. The molecule has 3 heterocycles. The van der Waals surface area contributed by atoms with Crippen LogP contribution in [-0.2, 0) is 11.2 Å². The molecule has 1 amide bonds. The minimum absolute atomic E-state index is 0.241. The van der Waals surface area contributed by atoms with Crippen LogP contribution in [0.3, 0.4) is 0 Å². The lowest BCUT2D eigenvalue weighted by molar-refractivity contribution is -0.111. The summed E-state index contributed by atoms with van der Waals surface area (Å²) in [5.41, 5.74) is 2.47. The molecule has 1 aliphatic heterocycles. The summed E-state index contributed by atoms with van der Waals surface area (Å²) in [4.78, 5) is 14.3. The number of benzene rings is 1. The van der Waals surface area contributed by atoms with E-state index < -0.39 is 0 Å². The van der Waals surface area contributed by atoms with E-state index in [-0.39, 0.29) is 12.7 Å². The van der Waals surface area contributed by atoms with Crippen LogP contribution in [0.4, 0.5) is 5.00 Å². The largest absolute Gasteiger partial charge is 0.454 e. The maximum Gasteiger partial charge on any atom is 0.249 e. The molecule has 28 heavy (non-hydrogen) atoms. The average Bonchev–Trinajstić information content (AvgIpc) is 3.41. The van der Waals surface area contributed by atoms with E-state index >= 15 is 0 Å². The summed E-state index contributed by atoms with van der Waals surface area (Å²) in [5, 5.41) is 14.9. The molecule has 0 saturated carbocycles. The Morgan fingerprint density at radius 2 is 2.18 bits per heavy atom. The van der Waals surface area contributed by atoms with Crippen LogP contribution in [0.5, 0.6) is 11.5 Å². The van der Waals surface area contributed by atoms with Crippen LogP contribution in [0.25, 0.3) is 6.08 Å². The molecular weight excluding hydrogens is 392 g/mol. The van der Waals surface area contributed by atoms with Crippen molar-refractivity contribution in [3.63, 3.8) is 0 Å². The molecule has 0 unspecified atom stereocenters. The van der Waals surface area contributed by atoms with Crippen molar-refractivity contribution < 1.29 is 14.3 Å². The molecule has 1 aromatic carbocycles. The van der Waals surface area contributed by atoms with Gasteiger partial charge in [-0.05, 0) is 47.7 Å². The molecule has 0 fully saturated rings. The molecular formula is C21H16N2O3S2. The molecule has 140 valence electrons. The molecule has 1 N–H and O–H groups in total. The maximum absolute atomic E-state index is 12.3. The van der Waals surface area contributed by atoms with Crippen LogP contribution in [0.1, 0.15) is 26.4 Å². The van der Waals surface area contributed by atoms with Crippen molar-refractivity contribution in [2.75, 3.05) is 12.1 Å². The summed E-state index contributed by atoms with van der Waals surface area (Å²) in [5.74, 6) is 1.23. The van der Waals surface area contributed by atoms with Gasteiger partial charge in [0.2, 0.25) is 12.7 Å². The van der Waals surface area contributed by atoms with Crippen LogP contribution >= 0.6 is 22.7 Å². The van der Waals surface area contributed by atoms with E-state index in [2.05, 4.69) is 11.4 Å². The van der Waals surface area contributed by atoms with Gasteiger partial charge >= 0.3 is 0 Å². The first-order valence-corrected chi connectivity index (χ1v) is 10.3. The molecule has 0 spiro atoms. The van der Waals surface area contributed by atoms with Gasteiger partial charge in [0.15, 0.2) is 11.5 Å². The van der Waals surface area contributed by atoms with Crippen LogP contribution in [0.15, 0.2) is 41.8 Å². The highest BCUT2D eigenvalue weighted by Gasteiger charge is 2.18. The van der Waals surface area contributed by atoms with E-state index in [9.17, 15) is 10.1 Å². The Hall–Kier alpha value is -3.08. The summed E-state index contributed by atoms with van der Waals surface area (Å²) >= 11 is 2.99. The normalized spacial score (nSPS) is 12.3. The van der Waals surface area contributed by atoms with E-state index in [1.807, 2.05) is 42.6 Å². The highest BCUT2D eigenvalue weighted by molar-refractivity contribution is 7.16. The summed E-state index contributed by atoms with van der Waals surface area (Å²) < 4.78 is 10.8. The van der Waals surface area contributed by atoms with Gasteiger partial charge in [-0.15, -0.1) is 22.7 Å². The first-order valence-electron chi connectivity index (χ1n) is 8.57. The number of hydrogen-bond acceptors (Lipinski definition) is 6. The molecule has 3 aromatic rings. The Kier molecular flexibility index (Phi) is 5.15. The van der Waals surface area contributed by atoms with E-state index in [1.54, 1.807) is 17.4 Å².